The van der Waals surface area contributed by atoms with Gasteiger partial charge in [-0.1, -0.05) is 11.6 Å². The Morgan fingerprint density at radius 3 is 2.67 bits per heavy atom. The highest BCUT2D eigenvalue weighted by atomic mass is 35.5. The van der Waals surface area contributed by atoms with Crippen molar-refractivity contribution in [2.75, 3.05) is 14.2 Å². The van der Waals surface area contributed by atoms with E-state index in [2.05, 4.69) is 9.97 Å². The molecule has 0 saturated heterocycles. The maximum atomic E-state index is 12.4. The molecule has 7 nitrogen and oxygen atoms in total. The maximum absolute atomic E-state index is 12.4. The first-order chi connectivity index (χ1) is 12.8. The van der Waals surface area contributed by atoms with E-state index >= 15 is 0 Å². The first kappa shape index (κ1) is 19.2. The molecule has 0 spiro atoms. The number of rotatable bonds is 5. The van der Waals surface area contributed by atoms with Crippen molar-refractivity contribution >= 4 is 39.1 Å². The number of ether oxygens (including phenoxy) is 3. The van der Waals surface area contributed by atoms with Crippen LogP contribution in [0.4, 0.5) is 0 Å². The lowest BCUT2D eigenvalue weighted by atomic mass is 10.2. The van der Waals surface area contributed by atoms with Crippen molar-refractivity contribution in [2.24, 2.45) is 0 Å². The van der Waals surface area contributed by atoms with Crippen LogP contribution in [0.25, 0.3) is 10.2 Å². The Hall–Kier alpha value is -2.58. The molecule has 2 aromatic heterocycles. The Bertz CT molecular complexity index is 1090. The number of hydrogen-bond acceptors (Lipinski definition) is 7. The van der Waals surface area contributed by atoms with E-state index in [1.807, 2.05) is 13.8 Å². The van der Waals surface area contributed by atoms with Crippen molar-refractivity contribution in [3.05, 3.63) is 49.3 Å². The Balaban J connectivity index is 1.83. The van der Waals surface area contributed by atoms with Crippen molar-refractivity contribution in [1.82, 2.24) is 9.97 Å². The van der Waals surface area contributed by atoms with Gasteiger partial charge in [-0.05, 0) is 31.5 Å². The number of thiophene rings is 1. The van der Waals surface area contributed by atoms with Crippen molar-refractivity contribution < 1.29 is 19.0 Å². The average molecular weight is 409 g/mol. The second kappa shape index (κ2) is 7.58. The summed E-state index contributed by atoms with van der Waals surface area (Å²) in [6.07, 6.45) is 0. The average Bonchev–Trinajstić information content (AvgIpc) is 2.93. The van der Waals surface area contributed by atoms with E-state index < -0.39 is 5.97 Å². The molecular weight excluding hydrogens is 392 g/mol. The summed E-state index contributed by atoms with van der Waals surface area (Å²) in [5.74, 6) is 0.290. The lowest BCUT2D eigenvalue weighted by Gasteiger charge is -2.11. The first-order valence-corrected chi connectivity index (χ1v) is 9.12. The molecule has 27 heavy (non-hydrogen) atoms. The van der Waals surface area contributed by atoms with Gasteiger partial charge >= 0.3 is 5.97 Å². The van der Waals surface area contributed by atoms with Crippen LogP contribution in [0.15, 0.2) is 16.9 Å². The fourth-order valence-corrected chi connectivity index (χ4v) is 3.96. The van der Waals surface area contributed by atoms with Gasteiger partial charge < -0.3 is 19.2 Å². The molecule has 0 aliphatic heterocycles. The maximum Gasteiger partial charge on any atom is 0.338 e. The number of nitrogens with zero attached hydrogens (tertiary/aromatic N) is 1. The molecule has 0 bridgehead atoms. The third-order valence-electron chi connectivity index (χ3n) is 4.10. The Kier molecular flexibility index (Phi) is 5.38. The summed E-state index contributed by atoms with van der Waals surface area (Å²) in [4.78, 5) is 33.3. The third-order valence-corrected chi connectivity index (χ3v) is 5.48. The number of benzene rings is 1. The van der Waals surface area contributed by atoms with Crippen LogP contribution in [0, 0.1) is 13.8 Å². The largest absolute Gasteiger partial charge is 0.493 e. The van der Waals surface area contributed by atoms with E-state index in [1.54, 1.807) is 0 Å². The van der Waals surface area contributed by atoms with Crippen LogP contribution in [-0.2, 0) is 11.3 Å². The van der Waals surface area contributed by atoms with Gasteiger partial charge in [0.15, 0.2) is 11.5 Å². The van der Waals surface area contributed by atoms with Crippen molar-refractivity contribution in [1.29, 1.82) is 0 Å². The van der Waals surface area contributed by atoms with Crippen LogP contribution >= 0.6 is 22.9 Å². The number of nitrogens with one attached hydrogen (secondary N) is 1. The van der Waals surface area contributed by atoms with Crippen LogP contribution in [0.1, 0.15) is 26.6 Å². The lowest BCUT2D eigenvalue weighted by Crippen LogP contribution is -2.14. The van der Waals surface area contributed by atoms with E-state index in [9.17, 15) is 9.59 Å². The van der Waals surface area contributed by atoms with Crippen molar-refractivity contribution in [2.45, 2.75) is 20.5 Å². The van der Waals surface area contributed by atoms with Crippen LogP contribution in [-0.4, -0.2) is 30.2 Å². The lowest BCUT2D eigenvalue weighted by molar-refractivity contribution is 0.0462. The summed E-state index contributed by atoms with van der Waals surface area (Å²) >= 11 is 7.54. The monoisotopic (exact) mass is 408 g/mol. The van der Waals surface area contributed by atoms with Gasteiger partial charge in [0, 0.05) is 4.88 Å². The number of hydrogen-bond donors (Lipinski definition) is 1. The molecule has 2 heterocycles. The minimum atomic E-state index is -0.626. The summed E-state index contributed by atoms with van der Waals surface area (Å²) in [6, 6.07) is 2.90. The van der Waals surface area contributed by atoms with Gasteiger partial charge in [-0.15, -0.1) is 11.3 Å². The summed E-state index contributed by atoms with van der Waals surface area (Å²) in [7, 11) is 2.89. The van der Waals surface area contributed by atoms with Crippen molar-refractivity contribution in [3.8, 4) is 11.5 Å². The molecule has 0 amide bonds. The Labute approximate surface area is 163 Å². The SMILES string of the molecule is COc1cc(C(=O)OCc2nc3sc(C)c(C)c3c(=O)[nH]2)cc(Cl)c1OC. The van der Waals surface area contributed by atoms with Crippen LogP contribution in [0.5, 0.6) is 11.5 Å². The van der Waals surface area contributed by atoms with Crippen molar-refractivity contribution in [3.63, 3.8) is 0 Å². The summed E-state index contributed by atoms with van der Waals surface area (Å²) in [5.41, 5.74) is 0.859. The van der Waals surface area contributed by atoms with Gasteiger partial charge in [0.1, 0.15) is 17.3 Å². The van der Waals surface area contributed by atoms with E-state index in [0.717, 1.165) is 10.4 Å². The standard InChI is InChI=1S/C18H17ClN2O5S/c1-8-9(2)27-17-14(8)16(22)20-13(21-17)7-26-18(23)10-5-11(19)15(25-4)12(6-10)24-3/h5-6H,7H2,1-4H3,(H,20,21,22). The van der Waals surface area contributed by atoms with Gasteiger partial charge in [-0.3, -0.25) is 4.79 Å². The zero-order valence-corrected chi connectivity index (χ0v) is 16.7. The van der Waals surface area contributed by atoms with Gasteiger partial charge in [-0.25, -0.2) is 9.78 Å². The number of halogens is 1. The number of esters is 1. The molecule has 142 valence electrons. The summed E-state index contributed by atoms with van der Waals surface area (Å²) < 4.78 is 15.6. The zero-order valence-electron chi connectivity index (χ0n) is 15.1. The number of carbonyl (C=O) groups is 1. The molecule has 0 fully saturated rings. The quantitative estimate of drug-likeness (QED) is 0.648. The van der Waals surface area contributed by atoms with E-state index in [-0.39, 0.29) is 28.6 Å². The van der Waals surface area contributed by atoms with E-state index in [1.165, 1.54) is 37.7 Å². The predicted octanol–water partition coefficient (Wildman–Crippen LogP) is 3.63. The molecule has 3 rings (SSSR count). The molecule has 1 aromatic carbocycles. The second-order valence-corrected chi connectivity index (χ2v) is 7.36. The molecular formula is C18H17ClN2O5S. The third kappa shape index (κ3) is 3.63. The highest BCUT2D eigenvalue weighted by Gasteiger charge is 2.17. The molecule has 3 aromatic rings. The predicted molar refractivity (Wildman–Crippen MR) is 103 cm³/mol. The highest BCUT2D eigenvalue weighted by molar-refractivity contribution is 7.18. The number of aromatic nitrogens is 2. The molecule has 0 atom stereocenters. The van der Waals surface area contributed by atoms with E-state index in [4.69, 9.17) is 25.8 Å². The van der Waals surface area contributed by atoms with Gasteiger partial charge in [0.05, 0.1) is 30.2 Å². The molecule has 9 heteroatoms. The molecule has 1 N–H and O–H groups in total. The number of H-pyrrole nitrogens is 1. The number of fused-ring (bicyclic) bond motifs is 1. The molecule has 0 radical (unpaired) electrons. The fraction of sp³-hybridized carbons (Fsp3) is 0.278. The Morgan fingerprint density at radius 2 is 2.00 bits per heavy atom. The second-order valence-electron chi connectivity index (χ2n) is 5.75. The molecule has 0 saturated carbocycles. The number of aryl methyl sites for hydroxylation is 2. The smallest absolute Gasteiger partial charge is 0.338 e. The van der Waals surface area contributed by atoms with E-state index in [0.29, 0.717) is 21.7 Å². The minimum absolute atomic E-state index is 0.175. The number of methoxy groups -OCH3 is 2. The molecule has 0 aliphatic carbocycles. The molecule has 0 aliphatic rings. The van der Waals surface area contributed by atoms with Crippen LogP contribution in [0.2, 0.25) is 5.02 Å². The normalized spacial score (nSPS) is 10.9. The Morgan fingerprint density at radius 1 is 1.26 bits per heavy atom. The topological polar surface area (TPSA) is 90.5 Å². The van der Waals surface area contributed by atoms with Gasteiger partial charge in [0.25, 0.3) is 5.56 Å². The van der Waals surface area contributed by atoms with Gasteiger partial charge in [-0.2, -0.15) is 0 Å². The molecule has 0 unspecified atom stereocenters. The first-order valence-electron chi connectivity index (χ1n) is 7.93. The van der Waals surface area contributed by atoms with Crippen LogP contribution in [0.3, 0.4) is 0 Å². The van der Waals surface area contributed by atoms with Crippen LogP contribution < -0.4 is 15.0 Å². The highest BCUT2D eigenvalue weighted by Crippen LogP contribution is 2.36. The number of carbonyl (C=O) groups excluding carboxylic acids is 1. The minimum Gasteiger partial charge on any atom is -0.493 e. The van der Waals surface area contributed by atoms with Gasteiger partial charge in [0.2, 0.25) is 0 Å². The summed E-state index contributed by atoms with van der Waals surface area (Å²) in [6.45, 7) is 3.64. The zero-order chi connectivity index (χ0) is 19.7. The summed E-state index contributed by atoms with van der Waals surface area (Å²) in [5, 5.41) is 0.792. The number of aromatic amines is 1. The fourth-order valence-electron chi connectivity index (χ4n) is 2.62.